The van der Waals surface area contributed by atoms with Gasteiger partial charge in [-0.15, -0.1) is 6.54 Å². The number of nitro benzene ring substituents is 1. The van der Waals surface area contributed by atoms with E-state index in [1.807, 2.05) is 0 Å². The molecular formula is C10H10N5O2S2Zn-3. The topological polar surface area (TPSA) is 119 Å². The van der Waals surface area contributed by atoms with Gasteiger partial charge in [0, 0.05) is 31.6 Å². The first kappa shape index (κ1) is 18.9. The smallest absolute Gasteiger partial charge is 0.271 e. The average Bonchev–Trinajstić information content (AvgIpc) is 2.39. The fraction of sp³-hybridized carbons (Fsp3) is 0.200. The van der Waals surface area contributed by atoms with E-state index < -0.39 is 4.92 Å². The molecule has 0 unspecified atom stereocenters. The van der Waals surface area contributed by atoms with Crippen LogP contribution in [0, 0.1) is 10.1 Å². The SMILES string of the molecule is O=[N+]([O-])c1ccc2nc([S-])c([S-])nc2c1.[NH-]CCN.[Zn]. The molecule has 0 amide bonds. The van der Waals surface area contributed by atoms with Crippen molar-refractivity contribution in [3.8, 4) is 0 Å². The van der Waals surface area contributed by atoms with E-state index in [0.717, 1.165) is 0 Å². The van der Waals surface area contributed by atoms with Crippen LogP contribution in [0.2, 0.25) is 0 Å². The molecular weight excluding hydrogens is 352 g/mol. The van der Waals surface area contributed by atoms with Crippen molar-refractivity contribution in [3.05, 3.63) is 34.0 Å². The largest absolute Gasteiger partial charge is 0.760 e. The third-order valence-electron chi connectivity index (χ3n) is 1.94. The predicted molar refractivity (Wildman–Crippen MR) is 75.7 cm³/mol. The predicted octanol–water partition coefficient (Wildman–Crippen LogP) is 1.34. The van der Waals surface area contributed by atoms with Gasteiger partial charge in [0.25, 0.3) is 5.69 Å². The summed E-state index contributed by atoms with van der Waals surface area (Å²) < 4.78 is 0. The van der Waals surface area contributed by atoms with Crippen LogP contribution >= 0.6 is 0 Å². The Morgan fingerprint density at radius 2 is 1.75 bits per heavy atom. The van der Waals surface area contributed by atoms with E-state index in [1.165, 1.54) is 18.2 Å². The fourth-order valence-corrected chi connectivity index (χ4v) is 1.41. The van der Waals surface area contributed by atoms with E-state index in [1.54, 1.807) is 0 Å². The normalized spacial score (nSPS) is 9.30. The molecule has 2 rings (SSSR count). The van der Waals surface area contributed by atoms with Crippen LogP contribution in [0.3, 0.4) is 0 Å². The molecule has 0 spiro atoms. The first-order valence-electron chi connectivity index (χ1n) is 5.14. The van der Waals surface area contributed by atoms with E-state index in [9.17, 15) is 10.1 Å². The molecule has 3 N–H and O–H groups in total. The van der Waals surface area contributed by atoms with E-state index in [2.05, 4.69) is 9.97 Å². The zero-order valence-electron chi connectivity index (χ0n) is 10.4. The van der Waals surface area contributed by atoms with Crippen molar-refractivity contribution in [1.82, 2.24) is 9.97 Å². The van der Waals surface area contributed by atoms with E-state index in [-0.39, 0.29) is 35.2 Å². The fourth-order valence-electron chi connectivity index (χ4n) is 1.12. The van der Waals surface area contributed by atoms with Crippen LogP contribution in [-0.4, -0.2) is 28.0 Å². The minimum absolute atomic E-state index is 0. The zero-order chi connectivity index (χ0) is 14.4. The number of nitrogens with one attached hydrogen (secondary N) is 1. The second kappa shape index (κ2) is 8.99. The Bertz CT molecular complexity index is 597. The van der Waals surface area contributed by atoms with Crippen LogP contribution in [0.5, 0.6) is 0 Å². The number of hydrogen-bond acceptors (Lipinski definition) is 7. The van der Waals surface area contributed by atoms with Gasteiger partial charge in [0.2, 0.25) is 0 Å². The number of benzene rings is 1. The maximum atomic E-state index is 10.5. The summed E-state index contributed by atoms with van der Waals surface area (Å²) in [5.74, 6) is 0. The minimum Gasteiger partial charge on any atom is -0.760 e. The number of fused-ring (bicyclic) bond motifs is 1. The molecule has 0 radical (unpaired) electrons. The van der Waals surface area contributed by atoms with E-state index >= 15 is 0 Å². The number of hydrogen-bond donors (Lipinski definition) is 1. The summed E-state index contributed by atoms with van der Waals surface area (Å²) in [5, 5.41) is 10.9. The van der Waals surface area contributed by atoms with Gasteiger partial charge in [-0.1, -0.05) is 10.1 Å². The van der Waals surface area contributed by atoms with Crippen molar-refractivity contribution in [2.24, 2.45) is 5.73 Å². The average molecular weight is 362 g/mol. The number of nitrogens with zero attached hydrogens (tertiary/aromatic N) is 3. The summed E-state index contributed by atoms with van der Waals surface area (Å²) >= 11 is 9.70. The molecule has 0 bridgehead atoms. The van der Waals surface area contributed by atoms with Crippen molar-refractivity contribution in [3.63, 3.8) is 0 Å². The number of non-ortho nitro benzene ring substituents is 1. The van der Waals surface area contributed by atoms with Gasteiger partial charge >= 0.3 is 0 Å². The molecule has 0 fully saturated rings. The van der Waals surface area contributed by atoms with Crippen LogP contribution in [-0.2, 0) is 44.7 Å². The quantitative estimate of drug-likeness (QED) is 0.371. The number of aromatic nitrogens is 2. The summed E-state index contributed by atoms with van der Waals surface area (Å²) in [6, 6.07) is 4.19. The van der Waals surface area contributed by atoms with Crippen molar-refractivity contribution in [2.45, 2.75) is 10.1 Å². The minimum atomic E-state index is -0.494. The zero-order valence-corrected chi connectivity index (χ0v) is 15.0. The van der Waals surface area contributed by atoms with Crippen LogP contribution < -0.4 is 5.73 Å². The van der Waals surface area contributed by atoms with Crippen LogP contribution in [0.25, 0.3) is 16.8 Å². The van der Waals surface area contributed by atoms with Crippen molar-refractivity contribution in [2.75, 3.05) is 13.1 Å². The Kier molecular flexibility index (Phi) is 8.51. The Balaban J connectivity index is 0.000000644. The maximum absolute atomic E-state index is 10.5. The van der Waals surface area contributed by atoms with Crippen molar-refractivity contribution >= 4 is 42.0 Å². The monoisotopic (exact) mass is 360 g/mol. The van der Waals surface area contributed by atoms with Gasteiger partial charge in [-0.2, -0.15) is 0 Å². The molecule has 0 atom stereocenters. The molecule has 10 heteroatoms. The van der Waals surface area contributed by atoms with Gasteiger partial charge in [-0.3, -0.25) is 20.1 Å². The van der Waals surface area contributed by atoms with Gasteiger partial charge < -0.3 is 36.7 Å². The molecule has 0 saturated heterocycles. The number of rotatable bonds is 2. The maximum Gasteiger partial charge on any atom is 0.271 e. The summed E-state index contributed by atoms with van der Waals surface area (Å²) in [4.78, 5) is 18.0. The molecule has 0 saturated carbocycles. The first-order chi connectivity index (χ1) is 8.99. The summed E-state index contributed by atoms with van der Waals surface area (Å²) in [6.45, 7) is 0.833. The molecule has 7 nitrogen and oxygen atoms in total. The summed E-state index contributed by atoms with van der Waals surface area (Å²) in [7, 11) is 0. The molecule has 20 heavy (non-hydrogen) atoms. The Hall–Kier alpha value is -1.06. The molecule has 1 aromatic carbocycles. The second-order valence-electron chi connectivity index (χ2n) is 3.30. The molecule has 1 aromatic heterocycles. The third-order valence-corrected chi connectivity index (χ3v) is 2.64. The Labute approximate surface area is 139 Å². The number of nitrogens with two attached hydrogens (primary N) is 1. The second-order valence-corrected chi connectivity index (χ2v) is 4.08. The molecule has 1 heterocycles. The van der Waals surface area contributed by atoms with Crippen LogP contribution in [0.4, 0.5) is 5.69 Å². The first-order valence-corrected chi connectivity index (χ1v) is 5.96. The molecule has 2 aromatic rings. The summed E-state index contributed by atoms with van der Waals surface area (Å²) in [5.41, 5.74) is 12.0. The van der Waals surface area contributed by atoms with Crippen molar-refractivity contribution in [1.29, 1.82) is 0 Å². The molecule has 0 aliphatic rings. The summed E-state index contributed by atoms with van der Waals surface area (Å²) in [6.07, 6.45) is 0. The van der Waals surface area contributed by atoms with E-state index in [0.29, 0.717) is 24.1 Å². The standard InChI is InChI=1S/C8H5N3O2S2.C2H7N2.Zn/c12-11(13)4-1-2-5-6(3-4)10-8(15)7(14)9-5;3-1-2-4;/h1-3H,(H,9,14)(H,10,15);3H,1-2,4H2;/q;-1;/p-2. The third kappa shape index (κ3) is 5.14. The Morgan fingerprint density at radius 3 is 2.20 bits per heavy atom. The van der Waals surface area contributed by atoms with Gasteiger partial charge in [0.05, 0.1) is 16.0 Å². The Morgan fingerprint density at radius 1 is 1.25 bits per heavy atom. The molecule has 0 aliphatic carbocycles. The van der Waals surface area contributed by atoms with E-state index in [4.69, 9.17) is 36.7 Å². The van der Waals surface area contributed by atoms with Crippen LogP contribution in [0.1, 0.15) is 0 Å². The molecule has 104 valence electrons. The van der Waals surface area contributed by atoms with Crippen LogP contribution in [0.15, 0.2) is 28.3 Å². The van der Waals surface area contributed by atoms with Crippen molar-refractivity contribution < 1.29 is 24.4 Å². The molecule has 0 aliphatic heterocycles. The van der Waals surface area contributed by atoms with Gasteiger partial charge in [-0.05, 0) is 12.6 Å². The van der Waals surface area contributed by atoms with Gasteiger partial charge in [-0.25, -0.2) is 0 Å². The number of nitro groups is 1. The van der Waals surface area contributed by atoms with Gasteiger partial charge in [0.15, 0.2) is 0 Å². The van der Waals surface area contributed by atoms with Gasteiger partial charge in [0.1, 0.15) is 0 Å².